The molecule has 3 N–H and O–H groups in total. The quantitative estimate of drug-likeness (QED) is 0.0323. The molecule has 0 aliphatic carbocycles. The van der Waals surface area contributed by atoms with Crippen molar-refractivity contribution in [1.29, 1.82) is 0 Å². The topological polar surface area (TPSA) is 95.9 Å². The summed E-state index contributed by atoms with van der Waals surface area (Å²) in [5.41, 5.74) is 0. The zero-order valence-electron chi connectivity index (χ0n) is 39.0. The standard InChI is InChI=1S/C52H101NO5/c1-3-5-7-9-11-13-15-17-18-21-24-28-32-36-40-44-50(55)49(48-54)53-51(56)45-41-37-33-29-25-22-19-20-23-27-31-35-39-43-47-58-52(57)46-42-38-34-30-26-16-14-12-10-8-6-4-2/h12,14,49-50,54-55H,3-11,13,15-48H2,1-2H3,(H,53,56)/b14-12-. The minimum Gasteiger partial charge on any atom is -0.466 e. The molecule has 0 spiro atoms. The molecule has 0 heterocycles. The van der Waals surface area contributed by atoms with E-state index in [-0.39, 0.29) is 18.5 Å². The number of allylic oxidation sites excluding steroid dienone is 2. The summed E-state index contributed by atoms with van der Waals surface area (Å²) in [6.07, 6.45) is 54.6. The third kappa shape index (κ3) is 44.2. The van der Waals surface area contributed by atoms with Crippen LogP contribution in [0.4, 0.5) is 0 Å². The third-order valence-corrected chi connectivity index (χ3v) is 12.1. The summed E-state index contributed by atoms with van der Waals surface area (Å²) in [5, 5.41) is 23.2. The molecule has 0 aromatic carbocycles. The van der Waals surface area contributed by atoms with E-state index in [0.717, 1.165) is 51.4 Å². The first-order valence-corrected chi connectivity index (χ1v) is 25.9. The van der Waals surface area contributed by atoms with Crippen molar-refractivity contribution in [3.8, 4) is 0 Å². The number of carbonyl (C=O) groups excluding carboxylic acids is 2. The molecular weight excluding hydrogens is 719 g/mol. The van der Waals surface area contributed by atoms with Crippen molar-refractivity contribution in [2.24, 2.45) is 0 Å². The van der Waals surface area contributed by atoms with Gasteiger partial charge in [-0.3, -0.25) is 9.59 Å². The van der Waals surface area contributed by atoms with E-state index in [1.807, 2.05) is 0 Å². The second-order valence-electron chi connectivity index (χ2n) is 17.9. The Morgan fingerprint density at radius 2 is 0.810 bits per heavy atom. The van der Waals surface area contributed by atoms with E-state index in [9.17, 15) is 19.8 Å². The molecule has 1 amide bonds. The molecule has 58 heavy (non-hydrogen) atoms. The van der Waals surface area contributed by atoms with Crippen molar-refractivity contribution >= 4 is 11.9 Å². The minimum atomic E-state index is -0.670. The molecule has 0 rings (SSSR count). The summed E-state index contributed by atoms with van der Waals surface area (Å²) in [5.74, 6) is -0.0566. The Labute approximate surface area is 361 Å². The van der Waals surface area contributed by atoms with E-state index in [2.05, 4.69) is 31.3 Å². The Hall–Kier alpha value is -1.40. The molecule has 6 heteroatoms. The summed E-state index contributed by atoms with van der Waals surface area (Å²) in [4.78, 5) is 24.4. The van der Waals surface area contributed by atoms with Crippen LogP contribution in [0.2, 0.25) is 0 Å². The van der Waals surface area contributed by atoms with Crippen molar-refractivity contribution in [3.05, 3.63) is 12.2 Å². The molecule has 0 fully saturated rings. The molecular formula is C52H101NO5. The van der Waals surface area contributed by atoms with Gasteiger partial charge in [0.05, 0.1) is 25.4 Å². The maximum absolute atomic E-state index is 12.4. The lowest BCUT2D eigenvalue weighted by atomic mass is 10.0. The lowest BCUT2D eigenvalue weighted by Crippen LogP contribution is -2.45. The molecule has 0 aliphatic rings. The van der Waals surface area contributed by atoms with E-state index < -0.39 is 12.1 Å². The van der Waals surface area contributed by atoms with Crippen LogP contribution >= 0.6 is 0 Å². The highest BCUT2D eigenvalue weighted by molar-refractivity contribution is 5.76. The van der Waals surface area contributed by atoms with Crippen LogP contribution in [0.25, 0.3) is 0 Å². The molecule has 344 valence electrons. The average molecular weight is 820 g/mol. The predicted molar refractivity (Wildman–Crippen MR) is 250 cm³/mol. The molecule has 0 aromatic rings. The van der Waals surface area contributed by atoms with Crippen LogP contribution in [0.1, 0.15) is 284 Å². The Morgan fingerprint density at radius 3 is 1.26 bits per heavy atom. The highest BCUT2D eigenvalue weighted by atomic mass is 16.5. The molecule has 0 bridgehead atoms. The number of aliphatic hydroxyl groups excluding tert-OH is 2. The SMILES string of the molecule is CCCCC/C=C\CCCCCCCC(=O)OCCCCCCCCCCCCCCCCC(=O)NC(CO)C(O)CCCCCCCCCCCCCCCCC. The van der Waals surface area contributed by atoms with E-state index in [4.69, 9.17) is 4.74 Å². The predicted octanol–water partition coefficient (Wildman–Crippen LogP) is 15.3. The monoisotopic (exact) mass is 820 g/mol. The van der Waals surface area contributed by atoms with E-state index in [1.165, 1.54) is 199 Å². The largest absolute Gasteiger partial charge is 0.466 e. The van der Waals surface area contributed by atoms with Gasteiger partial charge in [0.25, 0.3) is 0 Å². The van der Waals surface area contributed by atoms with Crippen molar-refractivity contribution in [2.75, 3.05) is 13.2 Å². The molecule has 0 radical (unpaired) electrons. The lowest BCUT2D eigenvalue weighted by Gasteiger charge is -2.22. The highest BCUT2D eigenvalue weighted by Crippen LogP contribution is 2.17. The van der Waals surface area contributed by atoms with Gasteiger partial charge in [0.1, 0.15) is 0 Å². The molecule has 0 saturated carbocycles. The van der Waals surface area contributed by atoms with Gasteiger partial charge in [0, 0.05) is 12.8 Å². The molecule has 2 unspecified atom stereocenters. The van der Waals surface area contributed by atoms with Gasteiger partial charge in [-0.05, 0) is 51.4 Å². The van der Waals surface area contributed by atoms with Gasteiger partial charge in [-0.2, -0.15) is 0 Å². The van der Waals surface area contributed by atoms with Gasteiger partial charge in [-0.15, -0.1) is 0 Å². The zero-order valence-corrected chi connectivity index (χ0v) is 39.0. The Bertz CT molecular complexity index is 863. The summed E-state index contributed by atoms with van der Waals surface area (Å²) in [6, 6.07) is -0.548. The van der Waals surface area contributed by atoms with Gasteiger partial charge in [-0.25, -0.2) is 0 Å². The van der Waals surface area contributed by atoms with E-state index >= 15 is 0 Å². The number of ether oxygens (including phenoxy) is 1. The number of carbonyl (C=O) groups is 2. The first-order chi connectivity index (χ1) is 28.5. The summed E-state index contributed by atoms with van der Waals surface area (Å²) >= 11 is 0. The van der Waals surface area contributed by atoms with Gasteiger partial charge in [0.15, 0.2) is 0 Å². The number of esters is 1. The van der Waals surface area contributed by atoms with Gasteiger partial charge >= 0.3 is 5.97 Å². The minimum absolute atomic E-state index is 0.0120. The van der Waals surface area contributed by atoms with Crippen LogP contribution in [0.5, 0.6) is 0 Å². The second kappa shape index (κ2) is 48.3. The van der Waals surface area contributed by atoms with Crippen LogP contribution in [-0.4, -0.2) is 47.4 Å². The number of unbranched alkanes of at least 4 members (excludes halogenated alkanes) is 35. The zero-order chi connectivity index (χ0) is 42.3. The van der Waals surface area contributed by atoms with Crippen LogP contribution in [0.3, 0.4) is 0 Å². The number of rotatable bonds is 48. The second-order valence-corrected chi connectivity index (χ2v) is 17.9. The Morgan fingerprint density at radius 1 is 0.466 bits per heavy atom. The fourth-order valence-corrected chi connectivity index (χ4v) is 8.05. The number of hydrogen-bond donors (Lipinski definition) is 3. The van der Waals surface area contributed by atoms with Gasteiger partial charge in [-0.1, -0.05) is 231 Å². The highest BCUT2D eigenvalue weighted by Gasteiger charge is 2.20. The first kappa shape index (κ1) is 56.6. The van der Waals surface area contributed by atoms with Crippen molar-refractivity contribution in [2.45, 2.75) is 296 Å². The number of hydrogen-bond acceptors (Lipinski definition) is 5. The normalized spacial score (nSPS) is 12.7. The summed E-state index contributed by atoms with van der Waals surface area (Å²) in [6.45, 7) is 4.91. The molecule has 6 nitrogen and oxygen atoms in total. The smallest absolute Gasteiger partial charge is 0.305 e. The summed E-state index contributed by atoms with van der Waals surface area (Å²) < 4.78 is 5.45. The van der Waals surface area contributed by atoms with Crippen molar-refractivity contribution < 1.29 is 24.5 Å². The Balaban J connectivity index is 3.45. The molecule has 0 saturated heterocycles. The number of aliphatic hydroxyl groups is 2. The number of amides is 1. The van der Waals surface area contributed by atoms with Crippen molar-refractivity contribution in [1.82, 2.24) is 5.32 Å². The average Bonchev–Trinajstić information content (AvgIpc) is 3.22. The van der Waals surface area contributed by atoms with Crippen LogP contribution < -0.4 is 5.32 Å². The van der Waals surface area contributed by atoms with Gasteiger partial charge in [0.2, 0.25) is 5.91 Å². The van der Waals surface area contributed by atoms with E-state index in [1.54, 1.807) is 0 Å². The van der Waals surface area contributed by atoms with Crippen LogP contribution in [0, 0.1) is 0 Å². The van der Waals surface area contributed by atoms with Crippen LogP contribution in [0.15, 0.2) is 12.2 Å². The number of nitrogens with one attached hydrogen (secondary N) is 1. The summed E-state index contributed by atoms with van der Waals surface area (Å²) in [7, 11) is 0. The Kier molecular flexibility index (Phi) is 47.1. The van der Waals surface area contributed by atoms with E-state index in [0.29, 0.717) is 25.9 Å². The third-order valence-electron chi connectivity index (χ3n) is 12.1. The van der Waals surface area contributed by atoms with Gasteiger partial charge < -0.3 is 20.3 Å². The van der Waals surface area contributed by atoms with Crippen molar-refractivity contribution in [3.63, 3.8) is 0 Å². The molecule has 0 aliphatic heterocycles. The van der Waals surface area contributed by atoms with Crippen LogP contribution in [-0.2, 0) is 14.3 Å². The fraction of sp³-hybridized carbons (Fsp3) is 0.923. The maximum Gasteiger partial charge on any atom is 0.305 e. The maximum atomic E-state index is 12.4. The first-order valence-electron chi connectivity index (χ1n) is 25.9. The molecule has 0 aromatic heterocycles. The molecule has 2 atom stereocenters. The lowest BCUT2D eigenvalue weighted by molar-refractivity contribution is -0.143. The fourth-order valence-electron chi connectivity index (χ4n) is 8.05.